The van der Waals surface area contributed by atoms with E-state index in [1.807, 2.05) is 0 Å². The van der Waals surface area contributed by atoms with Crippen molar-refractivity contribution in [2.24, 2.45) is 0 Å². The summed E-state index contributed by atoms with van der Waals surface area (Å²) in [5.74, 6) is 0. The summed E-state index contributed by atoms with van der Waals surface area (Å²) in [6.07, 6.45) is 12.0. The fraction of sp³-hybridized carbons (Fsp3) is 1.00. The van der Waals surface area contributed by atoms with Gasteiger partial charge in [0.15, 0.2) is 0 Å². The van der Waals surface area contributed by atoms with Crippen LogP contribution < -0.4 is 0 Å². The third-order valence-electron chi connectivity index (χ3n) is 2.00. The monoisotopic (exact) mass is 198 g/mol. The zero-order valence-electron chi connectivity index (χ0n) is 6.57. The summed E-state index contributed by atoms with van der Waals surface area (Å²) in [4.78, 5) is 0. The lowest BCUT2D eigenvalue weighted by Crippen LogP contribution is -1.85. The van der Waals surface area contributed by atoms with E-state index in [9.17, 15) is 0 Å². The zero-order chi connectivity index (χ0) is 5.66. The minimum Gasteiger partial charge on any atom is -0.269 e. The molecule has 0 aromatic heterocycles. The maximum Gasteiger partial charge on any atom is -0.0533 e. The second kappa shape index (κ2) is 17.4. The Kier molecular flexibility index (Phi) is 33.0. The average Bonchev–Trinajstić information content (AvgIpc) is 1.12. The molecule has 0 radical (unpaired) electrons. The Morgan fingerprint density at radius 3 is 0.500 bits per heavy atom. The Hall–Kier alpha value is 0.280. The lowest BCUT2D eigenvalue weighted by molar-refractivity contribution is 0.504. The van der Waals surface area contributed by atoms with E-state index < -0.39 is 0 Å². The minimum atomic E-state index is 0. The molecule has 0 N–H and O–H groups in total. The van der Waals surface area contributed by atoms with Gasteiger partial charge in [0.1, 0.15) is 0 Å². The van der Waals surface area contributed by atoms with Crippen molar-refractivity contribution in [2.45, 2.75) is 66.2 Å². The number of rotatable bonds is 0. The van der Waals surface area contributed by atoms with Gasteiger partial charge in [-0.3, -0.25) is 4.70 Å². The second-order valence-electron chi connectivity index (χ2n) is 2.83. The number of hydrogen-bond acceptors (Lipinski definition) is 0. The predicted molar refractivity (Wildman–Crippen MR) is 63.3 cm³/mol. The second-order valence-corrected chi connectivity index (χ2v) is 2.83. The fourth-order valence-corrected chi connectivity index (χ4v) is 0.500. The third-order valence-corrected chi connectivity index (χ3v) is 2.00. The summed E-state index contributed by atoms with van der Waals surface area (Å²) in [5, 5.41) is 0. The van der Waals surface area contributed by atoms with E-state index in [0.717, 1.165) is 0 Å². The molecule has 0 heterocycles. The van der Waals surface area contributed by atoms with Crippen molar-refractivity contribution in [2.75, 3.05) is 0 Å². The summed E-state index contributed by atoms with van der Waals surface area (Å²) in [6, 6.07) is 0. The van der Waals surface area contributed by atoms with Crippen LogP contribution in [0.5, 0.6) is 0 Å². The molecule has 0 spiro atoms. The Morgan fingerprint density at radius 2 is 0.500 bits per heavy atom. The molecule has 2 aliphatic carbocycles. The van der Waals surface area contributed by atoms with E-state index in [-0.39, 0.29) is 33.1 Å². The molecule has 2 fully saturated rings. The molecule has 0 atom stereocenters. The molecule has 0 amide bonds. The van der Waals surface area contributed by atoms with E-state index in [4.69, 9.17) is 0 Å². The highest BCUT2D eigenvalue weighted by Gasteiger charge is 1.95. The average molecular weight is 198 g/mol. The van der Waals surface area contributed by atoms with Crippen LogP contribution in [0.4, 0.5) is 4.70 Å². The van der Waals surface area contributed by atoms with Crippen LogP contribution in [0.2, 0.25) is 0 Å². The van der Waals surface area contributed by atoms with Crippen molar-refractivity contribution in [1.29, 1.82) is 0 Å². The zero-order valence-corrected chi connectivity index (χ0v) is 7.57. The van der Waals surface area contributed by atoms with Crippen LogP contribution in [0.1, 0.15) is 66.2 Å². The first-order valence-corrected chi connectivity index (χ1v) is 4.00. The van der Waals surface area contributed by atoms with Gasteiger partial charge in [-0.1, -0.05) is 66.2 Å². The van der Waals surface area contributed by atoms with E-state index >= 15 is 0 Å². The Bertz CT molecular complexity index is 33.8. The van der Waals surface area contributed by atoms with Crippen molar-refractivity contribution in [3.05, 3.63) is 0 Å². The van der Waals surface area contributed by atoms with Gasteiger partial charge in [0, 0.05) is 0 Å². The molecule has 0 unspecified atom stereocenters. The quantitative estimate of drug-likeness (QED) is 0.531. The lowest BCUT2D eigenvalue weighted by atomic mass is 10.0. The molecule has 0 aliphatic heterocycles. The van der Waals surface area contributed by atoms with Crippen LogP contribution in [-0.4, -0.2) is 0 Å². The number of halogens is 1. The molecule has 0 aromatic rings. The maximum atomic E-state index is 1.50. The van der Waals surface area contributed by atoms with E-state index in [1.54, 1.807) is 0 Å². The summed E-state index contributed by atoms with van der Waals surface area (Å²) in [6.45, 7) is 0. The number of hydrogen-bond donors (Lipinski definition) is 0. The van der Waals surface area contributed by atoms with Crippen LogP contribution in [0.15, 0.2) is 0 Å². The van der Waals surface area contributed by atoms with Crippen LogP contribution in [0, 0.1) is 0 Å². The van der Waals surface area contributed by atoms with Crippen molar-refractivity contribution < 1.29 is 4.70 Å². The molecule has 0 nitrogen and oxygen atoms in total. The fourth-order valence-electron chi connectivity index (χ4n) is 0.500. The van der Waals surface area contributed by atoms with Gasteiger partial charge in [-0.15, -0.1) is 0 Å². The van der Waals surface area contributed by atoms with Crippen LogP contribution >= 0.6 is 13.5 Å². The van der Waals surface area contributed by atoms with Gasteiger partial charge in [-0.2, -0.15) is 13.5 Å². The van der Waals surface area contributed by atoms with Crippen LogP contribution in [0.3, 0.4) is 0 Å². The molecule has 0 aromatic carbocycles. The van der Waals surface area contributed by atoms with Gasteiger partial charge < -0.3 is 0 Å². The topological polar surface area (TPSA) is 0 Å². The smallest absolute Gasteiger partial charge is 0.0533 e. The van der Waals surface area contributed by atoms with Crippen LogP contribution in [-0.2, 0) is 0 Å². The first kappa shape index (κ1) is 22.8. The summed E-state index contributed by atoms with van der Waals surface area (Å²) in [5.41, 5.74) is 0. The van der Waals surface area contributed by atoms with Gasteiger partial charge in [-0.05, 0) is 0 Å². The highest BCUT2D eigenvalue weighted by Crippen LogP contribution is 2.15. The van der Waals surface area contributed by atoms with Crippen LogP contribution in [0.25, 0.3) is 0 Å². The summed E-state index contributed by atoms with van der Waals surface area (Å²) in [7, 11) is 0. The Morgan fingerprint density at radius 1 is 0.417 bits per heavy atom. The molecule has 0 saturated heterocycles. The highest BCUT2D eigenvalue weighted by atomic mass is 32.1. The van der Waals surface area contributed by atoms with Crippen molar-refractivity contribution in [3.8, 4) is 0 Å². The standard InChI is InChI=1S/2C4H8.2CH4.FH.H2S/c2*1-2-4-3-1;;;;/h2*1-4H2;2*1H4;1H;1H2. The van der Waals surface area contributed by atoms with E-state index in [0.29, 0.717) is 0 Å². The van der Waals surface area contributed by atoms with E-state index in [1.165, 1.54) is 51.4 Å². The summed E-state index contributed by atoms with van der Waals surface area (Å²) >= 11 is 0. The highest BCUT2D eigenvalue weighted by molar-refractivity contribution is 7.59. The lowest BCUT2D eigenvalue weighted by Gasteiger charge is -2.05. The molecule has 2 saturated carbocycles. The SMILES string of the molecule is C.C.C1CCC1.C1CCC1.F.S. The predicted octanol–water partition coefficient (Wildman–Crippen LogP) is 4.66. The van der Waals surface area contributed by atoms with Crippen molar-refractivity contribution >= 4 is 13.5 Å². The first-order valence-electron chi connectivity index (χ1n) is 4.00. The largest absolute Gasteiger partial charge is 0.269 e. The van der Waals surface area contributed by atoms with Gasteiger partial charge in [0.05, 0.1) is 0 Å². The molecule has 2 heteroatoms. The van der Waals surface area contributed by atoms with Gasteiger partial charge in [0.2, 0.25) is 0 Å². The third kappa shape index (κ3) is 12.9. The van der Waals surface area contributed by atoms with E-state index in [2.05, 4.69) is 0 Å². The molecule has 2 rings (SSSR count). The summed E-state index contributed by atoms with van der Waals surface area (Å²) < 4.78 is 0. The maximum absolute atomic E-state index is 1.50. The minimum absolute atomic E-state index is 0. The van der Waals surface area contributed by atoms with Gasteiger partial charge >= 0.3 is 0 Å². The van der Waals surface area contributed by atoms with Crippen molar-refractivity contribution in [1.82, 2.24) is 0 Å². The molecular weight excluding hydrogens is 171 g/mol. The molecule has 0 bridgehead atoms. The molecule has 12 heavy (non-hydrogen) atoms. The molecular formula is C10H27FS. The van der Waals surface area contributed by atoms with Crippen molar-refractivity contribution in [3.63, 3.8) is 0 Å². The van der Waals surface area contributed by atoms with Gasteiger partial charge in [-0.25, -0.2) is 0 Å². The Labute approximate surface area is 85.0 Å². The first-order chi connectivity index (χ1) is 4.00. The van der Waals surface area contributed by atoms with Gasteiger partial charge in [0.25, 0.3) is 0 Å². The normalized spacial score (nSPS) is 16.0. The molecule has 2 aliphatic rings. The Balaban J connectivity index is -0.0000000400. The molecule has 80 valence electrons.